The molecule has 2 aliphatic rings. The first kappa shape index (κ1) is 21.2. The summed E-state index contributed by atoms with van der Waals surface area (Å²) in [5.41, 5.74) is -0.337. The molecule has 1 aromatic carbocycles. The number of halogens is 3. The zero-order valence-electron chi connectivity index (χ0n) is 15.3. The zero-order chi connectivity index (χ0) is 21.0. The van der Waals surface area contributed by atoms with Crippen molar-refractivity contribution < 1.29 is 27.9 Å². The molecule has 1 amide bonds. The lowest BCUT2D eigenvalue weighted by atomic mass is 10.0. The zero-order valence-corrected chi connectivity index (χ0v) is 16.1. The van der Waals surface area contributed by atoms with E-state index in [9.17, 15) is 22.8 Å². The molecule has 2 N–H and O–H groups in total. The molecular weight excluding hydrogens is 409 g/mol. The minimum absolute atomic E-state index is 0.110. The molecule has 1 aromatic rings. The molecule has 0 spiro atoms. The van der Waals surface area contributed by atoms with Crippen LogP contribution >= 0.6 is 11.8 Å². The predicted octanol–water partition coefficient (Wildman–Crippen LogP) is 3.09. The second-order valence-corrected chi connectivity index (χ2v) is 7.86. The number of hydrogen-bond acceptors (Lipinski definition) is 6. The molecule has 156 valence electrons. The number of thioether (sulfide) groups is 1. The van der Waals surface area contributed by atoms with E-state index in [-0.39, 0.29) is 22.8 Å². The van der Waals surface area contributed by atoms with Crippen LogP contribution in [0.5, 0.6) is 0 Å². The van der Waals surface area contributed by atoms with Gasteiger partial charge in [0.2, 0.25) is 5.91 Å². The third kappa shape index (κ3) is 5.49. The third-order valence-corrected chi connectivity index (χ3v) is 5.59. The molecule has 2 fully saturated rings. The predicted molar refractivity (Wildman–Crippen MR) is 104 cm³/mol. The number of piperidine rings is 1. The Labute approximate surface area is 169 Å². The van der Waals surface area contributed by atoms with Gasteiger partial charge in [-0.25, -0.2) is 0 Å². The van der Waals surface area contributed by atoms with Crippen LogP contribution in [0.4, 0.5) is 18.9 Å². The average Bonchev–Trinajstić information content (AvgIpc) is 3.00. The molecular formula is C18H19F3N4O3S. The molecule has 0 radical (unpaired) electrons. The van der Waals surface area contributed by atoms with Crippen molar-refractivity contribution in [1.29, 1.82) is 0 Å². The Bertz CT molecular complexity index is 851. The fourth-order valence-electron chi connectivity index (χ4n) is 3.16. The number of carboxylic acids is 1. The van der Waals surface area contributed by atoms with Gasteiger partial charge in [-0.15, -0.1) is 5.10 Å². The van der Waals surface area contributed by atoms with Crippen molar-refractivity contribution >= 4 is 40.7 Å². The van der Waals surface area contributed by atoms with E-state index in [2.05, 4.69) is 15.5 Å². The number of alkyl halides is 3. The van der Waals surface area contributed by atoms with E-state index in [0.717, 1.165) is 37.1 Å². The topological polar surface area (TPSA) is 94.4 Å². The highest BCUT2D eigenvalue weighted by Gasteiger charge is 2.35. The number of aliphatic carboxylic acids is 1. The number of benzene rings is 1. The largest absolute Gasteiger partial charge is 0.481 e. The van der Waals surface area contributed by atoms with Crippen LogP contribution in [0.25, 0.3) is 0 Å². The maximum Gasteiger partial charge on any atom is 0.418 e. The molecule has 2 saturated heterocycles. The number of carboxylic acid groups (broad SMARTS) is 1. The highest BCUT2D eigenvalue weighted by atomic mass is 32.2. The van der Waals surface area contributed by atoms with Gasteiger partial charge in [-0.3, -0.25) is 9.59 Å². The van der Waals surface area contributed by atoms with Crippen LogP contribution in [0, 0.1) is 0 Å². The molecule has 0 bridgehead atoms. The molecule has 7 nitrogen and oxygen atoms in total. The summed E-state index contributed by atoms with van der Waals surface area (Å²) < 4.78 is 40.6. The minimum Gasteiger partial charge on any atom is -0.481 e. The van der Waals surface area contributed by atoms with Gasteiger partial charge >= 0.3 is 12.1 Å². The molecule has 1 atom stereocenters. The quantitative estimate of drug-likeness (QED) is 0.555. The Morgan fingerprint density at radius 2 is 2.03 bits per heavy atom. The van der Waals surface area contributed by atoms with Crippen molar-refractivity contribution in [2.45, 2.75) is 37.1 Å². The Morgan fingerprint density at radius 3 is 2.69 bits per heavy atom. The molecule has 0 saturated carbocycles. The van der Waals surface area contributed by atoms with E-state index in [1.165, 1.54) is 18.3 Å². The second-order valence-electron chi connectivity index (χ2n) is 6.67. The summed E-state index contributed by atoms with van der Waals surface area (Å²) in [6, 6.07) is 4.01. The van der Waals surface area contributed by atoms with Crippen LogP contribution in [0.15, 0.2) is 28.4 Å². The minimum atomic E-state index is -4.50. The van der Waals surface area contributed by atoms with Gasteiger partial charge in [0, 0.05) is 18.8 Å². The van der Waals surface area contributed by atoms with E-state index in [1.54, 1.807) is 4.90 Å². The molecule has 0 aliphatic carbocycles. The first-order chi connectivity index (χ1) is 13.7. The maximum atomic E-state index is 13.5. The Hall–Kier alpha value is -2.56. The van der Waals surface area contributed by atoms with Crippen molar-refractivity contribution in [3.05, 3.63) is 29.3 Å². The first-order valence-corrected chi connectivity index (χ1v) is 9.88. The number of nitrogens with zero attached hydrogens (tertiary/aromatic N) is 3. The number of amidine groups is 1. The fourth-order valence-corrected chi connectivity index (χ4v) is 4.08. The molecule has 0 aromatic heterocycles. The molecule has 2 aliphatic heterocycles. The Balaban J connectivity index is 1.76. The maximum absolute atomic E-state index is 13.5. The lowest BCUT2D eigenvalue weighted by Crippen LogP contribution is -2.31. The van der Waals surface area contributed by atoms with Gasteiger partial charge in [0.05, 0.1) is 18.2 Å². The number of hydrogen-bond donors (Lipinski definition) is 2. The van der Waals surface area contributed by atoms with Crippen LogP contribution in [-0.2, 0) is 15.8 Å². The summed E-state index contributed by atoms with van der Waals surface area (Å²) in [5, 5.41) is 18.0. The van der Waals surface area contributed by atoms with Crippen molar-refractivity contribution in [3.63, 3.8) is 0 Å². The fraction of sp³-hybridized carbons (Fsp3) is 0.444. The van der Waals surface area contributed by atoms with Crippen molar-refractivity contribution in [3.8, 4) is 0 Å². The van der Waals surface area contributed by atoms with Crippen LogP contribution < -0.4 is 10.2 Å². The number of nitrogens with one attached hydrogen (secondary N) is 1. The number of anilines is 1. The summed E-state index contributed by atoms with van der Waals surface area (Å²) in [4.78, 5) is 24.1. The molecule has 11 heteroatoms. The van der Waals surface area contributed by atoms with Crippen LogP contribution in [0.2, 0.25) is 0 Å². The van der Waals surface area contributed by atoms with Crippen LogP contribution in [0.1, 0.15) is 36.8 Å². The average molecular weight is 428 g/mol. The number of rotatable bonds is 5. The van der Waals surface area contributed by atoms with Gasteiger partial charge in [-0.2, -0.15) is 18.3 Å². The standard InChI is InChI=1S/C18H19F3N4O3S/c19-18(20,21)12-8-11(4-5-13(12)25-6-2-1-3-7-25)10-22-24-17-23-16(28)14(29-17)9-15(26)27/h4-5,8,10,14H,1-3,6-7,9H2,(H,26,27)(H,23,24,28). The van der Waals surface area contributed by atoms with Crippen molar-refractivity contribution in [2.75, 3.05) is 18.0 Å². The summed E-state index contributed by atoms with van der Waals surface area (Å²) in [6.45, 7) is 1.19. The Kier molecular flexibility index (Phi) is 6.46. The SMILES string of the molecule is O=C(O)CC1SC(=NN=Cc2ccc(N3CCCCC3)c(C(F)(F)F)c2)NC1=O. The first-order valence-electron chi connectivity index (χ1n) is 9.00. The van der Waals surface area contributed by atoms with E-state index >= 15 is 0 Å². The van der Waals surface area contributed by atoms with E-state index in [1.807, 2.05) is 0 Å². The van der Waals surface area contributed by atoms with Crippen molar-refractivity contribution in [2.24, 2.45) is 10.2 Å². The molecule has 1 unspecified atom stereocenters. The molecule has 3 rings (SSSR count). The summed E-state index contributed by atoms with van der Waals surface area (Å²) >= 11 is 0.919. The highest BCUT2D eigenvalue weighted by Crippen LogP contribution is 2.38. The lowest BCUT2D eigenvalue weighted by Gasteiger charge is -2.31. The Morgan fingerprint density at radius 1 is 1.31 bits per heavy atom. The second kappa shape index (κ2) is 8.85. The third-order valence-electron chi connectivity index (χ3n) is 4.51. The number of carbonyl (C=O) groups is 2. The van der Waals surface area contributed by atoms with Gasteiger partial charge in [-0.1, -0.05) is 17.8 Å². The van der Waals surface area contributed by atoms with Gasteiger partial charge < -0.3 is 15.3 Å². The van der Waals surface area contributed by atoms with Crippen LogP contribution in [-0.4, -0.2) is 46.7 Å². The van der Waals surface area contributed by atoms with Gasteiger partial charge in [0.15, 0.2) is 5.17 Å². The van der Waals surface area contributed by atoms with E-state index in [4.69, 9.17) is 5.11 Å². The summed E-state index contributed by atoms with van der Waals surface area (Å²) in [5.74, 6) is -1.60. The monoisotopic (exact) mass is 428 g/mol. The number of carbonyl (C=O) groups excluding carboxylic acids is 1. The van der Waals surface area contributed by atoms with E-state index in [0.29, 0.717) is 13.1 Å². The smallest absolute Gasteiger partial charge is 0.418 e. The molecule has 2 heterocycles. The van der Waals surface area contributed by atoms with Gasteiger partial charge in [0.25, 0.3) is 0 Å². The highest BCUT2D eigenvalue weighted by molar-refractivity contribution is 8.15. The van der Waals surface area contributed by atoms with Gasteiger partial charge in [0.1, 0.15) is 5.25 Å². The summed E-state index contributed by atoms with van der Waals surface area (Å²) in [6.07, 6.45) is -0.938. The van der Waals surface area contributed by atoms with Gasteiger partial charge in [-0.05, 0) is 37.0 Å². The summed E-state index contributed by atoms with van der Waals surface area (Å²) in [7, 11) is 0. The lowest BCUT2D eigenvalue weighted by molar-refractivity contribution is -0.138. The normalized spacial score (nSPS) is 21.8. The number of amides is 1. The molecule has 29 heavy (non-hydrogen) atoms. The van der Waals surface area contributed by atoms with E-state index < -0.39 is 28.9 Å². The van der Waals surface area contributed by atoms with Crippen LogP contribution in [0.3, 0.4) is 0 Å². The van der Waals surface area contributed by atoms with Crippen molar-refractivity contribution in [1.82, 2.24) is 5.32 Å².